The van der Waals surface area contributed by atoms with Crippen molar-refractivity contribution < 1.29 is 4.74 Å². The van der Waals surface area contributed by atoms with Crippen LogP contribution >= 0.6 is 24.0 Å². The van der Waals surface area contributed by atoms with Gasteiger partial charge in [-0.2, -0.15) is 0 Å². The predicted molar refractivity (Wildman–Crippen MR) is 105 cm³/mol. The number of hydrogen-bond donors (Lipinski definition) is 2. The number of hydrogen-bond acceptors (Lipinski definition) is 3. The monoisotopic (exact) mass is 426 g/mol. The largest absolute Gasteiger partial charge is 0.382 e. The second-order valence-corrected chi connectivity index (χ2v) is 5.80. The molecule has 0 aliphatic heterocycles. The zero-order valence-corrected chi connectivity index (χ0v) is 17.1. The van der Waals surface area contributed by atoms with Gasteiger partial charge in [0.05, 0.1) is 6.54 Å². The van der Waals surface area contributed by atoms with Gasteiger partial charge in [0.1, 0.15) is 0 Å². The van der Waals surface area contributed by atoms with Gasteiger partial charge in [0.15, 0.2) is 5.96 Å². The van der Waals surface area contributed by atoms with Crippen molar-refractivity contribution in [3.05, 3.63) is 0 Å². The third-order valence-electron chi connectivity index (χ3n) is 3.89. The average Bonchev–Trinajstić information content (AvgIpc) is 3.31. The molecule has 22 heavy (non-hydrogen) atoms. The fraction of sp³-hybridized carbons (Fsp3) is 0.938. The van der Waals surface area contributed by atoms with E-state index in [0.717, 1.165) is 57.7 Å². The first-order valence-corrected chi connectivity index (χ1v) is 8.50. The highest BCUT2D eigenvalue weighted by molar-refractivity contribution is 14.0. The first kappa shape index (κ1) is 21.9. The molecule has 132 valence electrons. The molecule has 1 atom stereocenters. The lowest BCUT2D eigenvalue weighted by Crippen LogP contribution is -2.40. The van der Waals surface area contributed by atoms with Crippen LogP contribution in [0.2, 0.25) is 0 Å². The van der Waals surface area contributed by atoms with Gasteiger partial charge in [-0.05, 0) is 53.5 Å². The summed E-state index contributed by atoms with van der Waals surface area (Å²) in [4.78, 5) is 7.15. The van der Waals surface area contributed by atoms with Crippen LogP contribution in [0.5, 0.6) is 0 Å². The molecule has 0 saturated heterocycles. The van der Waals surface area contributed by atoms with Crippen molar-refractivity contribution in [1.82, 2.24) is 15.5 Å². The molecule has 1 aliphatic rings. The van der Waals surface area contributed by atoms with Crippen LogP contribution < -0.4 is 10.6 Å². The molecule has 0 aromatic heterocycles. The standard InChI is InChI=1S/C16H34N4O.HI/c1-5-17-16(18-11-7-8-12-21-6-2)19-13-14(3)20(4)15-9-10-15;/h14-15H,5-13H2,1-4H3,(H2,17,18,19);1H. The lowest BCUT2D eigenvalue weighted by atomic mass is 10.3. The second-order valence-electron chi connectivity index (χ2n) is 5.80. The molecule has 1 unspecified atom stereocenters. The Morgan fingerprint density at radius 2 is 2.00 bits per heavy atom. The van der Waals surface area contributed by atoms with Gasteiger partial charge in [-0.3, -0.25) is 9.89 Å². The summed E-state index contributed by atoms with van der Waals surface area (Å²) in [6.45, 7) is 10.8. The maximum Gasteiger partial charge on any atom is 0.191 e. The minimum absolute atomic E-state index is 0. The van der Waals surface area contributed by atoms with Crippen molar-refractivity contribution in [2.45, 2.75) is 58.5 Å². The van der Waals surface area contributed by atoms with E-state index in [1.165, 1.54) is 12.8 Å². The van der Waals surface area contributed by atoms with E-state index in [4.69, 9.17) is 9.73 Å². The topological polar surface area (TPSA) is 48.9 Å². The van der Waals surface area contributed by atoms with Gasteiger partial charge in [-0.25, -0.2) is 0 Å². The van der Waals surface area contributed by atoms with Crippen LogP contribution in [0.4, 0.5) is 0 Å². The molecule has 2 N–H and O–H groups in total. The summed E-state index contributed by atoms with van der Waals surface area (Å²) in [5, 5.41) is 6.71. The molecule has 0 radical (unpaired) electrons. The second kappa shape index (κ2) is 13.4. The summed E-state index contributed by atoms with van der Waals surface area (Å²) in [5.74, 6) is 0.935. The Morgan fingerprint density at radius 1 is 1.27 bits per heavy atom. The lowest BCUT2D eigenvalue weighted by Gasteiger charge is -2.23. The lowest BCUT2D eigenvalue weighted by molar-refractivity contribution is 0.143. The molecule has 1 saturated carbocycles. The zero-order valence-electron chi connectivity index (χ0n) is 14.7. The van der Waals surface area contributed by atoms with Crippen molar-refractivity contribution in [1.29, 1.82) is 0 Å². The number of ether oxygens (including phenoxy) is 1. The first-order chi connectivity index (χ1) is 10.2. The van der Waals surface area contributed by atoms with Crippen LogP contribution in [0, 0.1) is 0 Å². The summed E-state index contributed by atoms with van der Waals surface area (Å²) in [6, 6.07) is 1.30. The van der Waals surface area contributed by atoms with Crippen molar-refractivity contribution in [2.24, 2.45) is 4.99 Å². The number of nitrogens with one attached hydrogen (secondary N) is 2. The van der Waals surface area contributed by atoms with Crippen LogP contribution in [-0.4, -0.2) is 62.8 Å². The van der Waals surface area contributed by atoms with Gasteiger partial charge in [-0.1, -0.05) is 0 Å². The fourth-order valence-electron chi connectivity index (χ4n) is 2.22. The van der Waals surface area contributed by atoms with Gasteiger partial charge < -0.3 is 15.4 Å². The number of nitrogens with zero attached hydrogens (tertiary/aromatic N) is 2. The zero-order chi connectivity index (χ0) is 15.5. The van der Waals surface area contributed by atoms with Crippen LogP contribution in [0.1, 0.15) is 46.5 Å². The number of guanidine groups is 1. The minimum atomic E-state index is 0. The molecule has 0 bridgehead atoms. The number of rotatable bonds is 11. The van der Waals surface area contributed by atoms with Crippen LogP contribution in [0.15, 0.2) is 4.99 Å². The molecular weight excluding hydrogens is 391 g/mol. The van der Waals surface area contributed by atoms with Crippen LogP contribution in [0.3, 0.4) is 0 Å². The molecule has 0 spiro atoms. The van der Waals surface area contributed by atoms with Crippen LogP contribution in [0.25, 0.3) is 0 Å². The van der Waals surface area contributed by atoms with Gasteiger partial charge in [0, 0.05) is 38.4 Å². The molecule has 0 heterocycles. The molecule has 1 fully saturated rings. The predicted octanol–water partition coefficient (Wildman–Crippen LogP) is 2.46. The first-order valence-electron chi connectivity index (χ1n) is 8.50. The smallest absolute Gasteiger partial charge is 0.191 e. The Hall–Kier alpha value is -0.0800. The highest BCUT2D eigenvalue weighted by Gasteiger charge is 2.28. The van der Waals surface area contributed by atoms with Crippen LogP contribution in [-0.2, 0) is 4.74 Å². The maximum atomic E-state index is 5.34. The summed E-state index contributed by atoms with van der Waals surface area (Å²) in [6.07, 6.45) is 4.91. The van der Waals surface area contributed by atoms with Crippen molar-refractivity contribution in [2.75, 3.05) is 39.9 Å². The number of halogens is 1. The Labute approximate surface area is 153 Å². The van der Waals surface area contributed by atoms with Crippen molar-refractivity contribution >= 4 is 29.9 Å². The molecular formula is C16H35IN4O. The van der Waals surface area contributed by atoms with E-state index in [9.17, 15) is 0 Å². The maximum absolute atomic E-state index is 5.34. The third kappa shape index (κ3) is 9.84. The number of aliphatic imine (C=N–C) groups is 1. The van der Waals surface area contributed by atoms with E-state index in [1.807, 2.05) is 6.92 Å². The Bertz CT molecular complexity index is 298. The fourth-order valence-corrected chi connectivity index (χ4v) is 2.22. The molecule has 5 nitrogen and oxygen atoms in total. The quantitative estimate of drug-likeness (QED) is 0.231. The van der Waals surface area contributed by atoms with E-state index in [0.29, 0.717) is 6.04 Å². The number of likely N-dealkylation sites (N-methyl/N-ethyl adjacent to an activating group) is 1. The summed E-state index contributed by atoms with van der Waals surface area (Å²) < 4.78 is 5.34. The van der Waals surface area contributed by atoms with Gasteiger partial charge >= 0.3 is 0 Å². The van der Waals surface area contributed by atoms with E-state index in [-0.39, 0.29) is 24.0 Å². The van der Waals surface area contributed by atoms with Gasteiger partial charge in [0.25, 0.3) is 0 Å². The average molecular weight is 426 g/mol. The molecule has 6 heteroatoms. The Balaban J connectivity index is 0.00000441. The van der Waals surface area contributed by atoms with Crippen molar-refractivity contribution in [3.63, 3.8) is 0 Å². The number of unbranched alkanes of at least 4 members (excludes halogenated alkanes) is 1. The highest BCUT2D eigenvalue weighted by Crippen LogP contribution is 2.26. The van der Waals surface area contributed by atoms with E-state index in [2.05, 4.69) is 36.4 Å². The summed E-state index contributed by atoms with van der Waals surface area (Å²) in [5.41, 5.74) is 0. The van der Waals surface area contributed by atoms with Crippen molar-refractivity contribution in [3.8, 4) is 0 Å². The van der Waals surface area contributed by atoms with Gasteiger partial charge in [0.2, 0.25) is 0 Å². The van der Waals surface area contributed by atoms with E-state index in [1.54, 1.807) is 0 Å². The van der Waals surface area contributed by atoms with Gasteiger partial charge in [-0.15, -0.1) is 24.0 Å². The SMILES string of the molecule is CCNC(=NCC(C)N(C)C1CC1)NCCCCOCC.I. The molecule has 1 aliphatic carbocycles. The van der Waals surface area contributed by atoms with E-state index >= 15 is 0 Å². The Morgan fingerprint density at radius 3 is 2.59 bits per heavy atom. The summed E-state index contributed by atoms with van der Waals surface area (Å²) in [7, 11) is 2.21. The summed E-state index contributed by atoms with van der Waals surface area (Å²) >= 11 is 0. The molecule has 0 amide bonds. The third-order valence-corrected chi connectivity index (χ3v) is 3.89. The van der Waals surface area contributed by atoms with E-state index < -0.39 is 0 Å². The highest BCUT2D eigenvalue weighted by atomic mass is 127. The normalized spacial score (nSPS) is 16.3. The molecule has 1 rings (SSSR count). The molecule has 0 aromatic carbocycles. The minimum Gasteiger partial charge on any atom is -0.382 e. The molecule has 0 aromatic rings. The Kier molecular flexibility index (Phi) is 13.3.